The summed E-state index contributed by atoms with van der Waals surface area (Å²) in [4.78, 5) is 36.2. The molecular formula is C21H24O9. The highest BCUT2D eigenvalue weighted by atomic mass is 16.6. The fraction of sp³-hybridized carbons (Fsp3) is 0.571. The van der Waals surface area contributed by atoms with Crippen LogP contribution < -0.4 is 14.2 Å². The van der Waals surface area contributed by atoms with Crippen molar-refractivity contribution in [2.24, 2.45) is 0 Å². The highest BCUT2D eigenvalue weighted by Gasteiger charge is 2.26. The predicted octanol–water partition coefficient (Wildman–Crippen LogP) is 1.94. The van der Waals surface area contributed by atoms with E-state index in [4.69, 9.17) is 28.4 Å². The van der Waals surface area contributed by atoms with E-state index in [1.54, 1.807) is 0 Å². The Morgan fingerprint density at radius 3 is 1.13 bits per heavy atom. The van der Waals surface area contributed by atoms with E-state index in [1.165, 1.54) is 18.2 Å². The van der Waals surface area contributed by atoms with Gasteiger partial charge in [-0.25, -0.2) is 0 Å². The predicted molar refractivity (Wildman–Crippen MR) is 100 cm³/mol. The van der Waals surface area contributed by atoms with E-state index in [0.717, 1.165) is 0 Å². The van der Waals surface area contributed by atoms with Crippen molar-refractivity contribution in [2.45, 2.75) is 56.8 Å². The van der Waals surface area contributed by atoms with Gasteiger partial charge in [0.25, 0.3) is 0 Å². The molecule has 1 aromatic carbocycles. The van der Waals surface area contributed by atoms with Crippen LogP contribution in [0, 0.1) is 0 Å². The van der Waals surface area contributed by atoms with Crippen molar-refractivity contribution in [1.82, 2.24) is 0 Å². The molecule has 0 radical (unpaired) electrons. The summed E-state index contributed by atoms with van der Waals surface area (Å²) in [6.45, 7) is 1.99. The summed E-state index contributed by atoms with van der Waals surface area (Å²) in [5.74, 6) is -0.906. The second-order valence-corrected chi connectivity index (χ2v) is 7.54. The van der Waals surface area contributed by atoms with Gasteiger partial charge in [0, 0.05) is 37.5 Å². The number of carbonyl (C=O) groups excluding carboxylic acids is 3. The molecule has 4 rings (SSSR count). The van der Waals surface area contributed by atoms with E-state index in [-0.39, 0.29) is 54.8 Å². The molecule has 1 aromatic rings. The van der Waals surface area contributed by atoms with E-state index in [2.05, 4.69) is 0 Å². The van der Waals surface area contributed by atoms with Crippen LogP contribution in [-0.2, 0) is 28.6 Å². The van der Waals surface area contributed by atoms with E-state index in [9.17, 15) is 14.4 Å². The van der Waals surface area contributed by atoms with Crippen molar-refractivity contribution in [1.29, 1.82) is 0 Å². The molecule has 9 nitrogen and oxygen atoms in total. The standard InChI is InChI=1S/C21H24O9/c22-19(4-1-13-10-25-13)28-16-7-17(29-20(23)5-2-14-11-26-14)9-18(8-16)30-21(24)6-3-15-12-27-15/h7-9,13-15H,1-6,10-12H2. The molecule has 0 aliphatic carbocycles. The number of esters is 3. The Morgan fingerprint density at radius 2 is 0.900 bits per heavy atom. The van der Waals surface area contributed by atoms with Crippen LogP contribution in [-0.4, -0.2) is 56.0 Å². The smallest absolute Gasteiger partial charge is 0.311 e. The summed E-state index contributed by atoms with van der Waals surface area (Å²) in [6, 6.07) is 4.27. The summed E-state index contributed by atoms with van der Waals surface area (Å²) >= 11 is 0. The molecule has 0 spiro atoms. The lowest BCUT2D eigenvalue weighted by Crippen LogP contribution is -2.12. The second kappa shape index (κ2) is 9.55. The van der Waals surface area contributed by atoms with Gasteiger partial charge in [-0.15, -0.1) is 0 Å². The number of rotatable bonds is 12. The maximum atomic E-state index is 12.1. The van der Waals surface area contributed by atoms with Crippen molar-refractivity contribution in [3.05, 3.63) is 18.2 Å². The molecule has 3 fully saturated rings. The molecule has 30 heavy (non-hydrogen) atoms. The lowest BCUT2D eigenvalue weighted by atomic mass is 10.2. The van der Waals surface area contributed by atoms with Gasteiger partial charge in [-0.3, -0.25) is 14.4 Å². The lowest BCUT2D eigenvalue weighted by molar-refractivity contribution is -0.135. The van der Waals surface area contributed by atoms with Crippen molar-refractivity contribution < 1.29 is 42.8 Å². The lowest BCUT2D eigenvalue weighted by Gasteiger charge is -2.11. The highest BCUT2D eigenvalue weighted by Crippen LogP contribution is 2.30. The fourth-order valence-corrected chi connectivity index (χ4v) is 2.81. The molecule has 0 bridgehead atoms. The Kier molecular flexibility index (Phi) is 6.61. The number of hydrogen-bond acceptors (Lipinski definition) is 9. The third kappa shape index (κ3) is 7.40. The van der Waals surface area contributed by atoms with Gasteiger partial charge in [0.2, 0.25) is 0 Å². The van der Waals surface area contributed by atoms with Crippen LogP contribution in [0.2, 0.25) is 0 Å². The molecule has 3 saturated heterocycles. The molecule has 3 unspecified atom stereocenters. The molecule has 3 aliphatic rings. The van der Waals surface area contributed by atoms with Crippen molar-refractivity contribution in [3.8, 4) is 17.2 Å². The van der Waals surface area contributed by atoms with Crippen molar-refractivity contribution in [2.75, 3.05) is 19.8 Å². The Bertz CT molecular complexity index is 677. The van der Waals surface area contributed by atoms with Crippen molar-refractivity contribution >= 4 is 17.9 Å². The molecule has 162 valence electrons. The van der Waals surface area contributed by atoms with Gasteiger partial charge >= 0.3 is 17.9 Å². The molecule has 0 N–H and O–H groups in total. The third-order valence-corrected chi connectivity index (χ3v) is 4.77. The summed E-state index contributed by atoms with van der Waals surface area (Å²) in [5.41, 5.74) is 0. The Balaban J connectivity index is 1.37. The van der Waals surface area contributed by atoms with Gasteiger partial charge in [0.1, 0.15) is 17.2 Å². The van der Waals surface area contributed by atoms with Crippen LogP contribution in [0.5, 0.6) is 17.2 Å². The average molecular weight is 420 g/mol. The van der Waals surface area contributed by atoms with E-state index < -0.39 is 17.9 Å². The summed E-state index contributed by atoms with van der Waals surface area (Å²) in [6.07, 6.45) is 2.71. The maximum Gasteiger partial charge on any atom is 0.311 e. The van der Waals surface area contributed by atoms with E-state index in [1.807, 2.05) is 0 Å². The van der Waals surface area contributed by atoms with E-state index in [0.29, 0.717) is 39.1 Å². The summed E-state index contributed by atoms with van der Waals surface area (Å²) < 4.78 is 31.3. The number of carbonyl (C=O) groups is 3. The average Bonchev–Trinajstić information content (AvgIpc) is 3.54. The molecule has 9 heteroatoms. The first-order chi connectivity index (χ1) is 14.5. The fourth-order valence-electron chi connectivity index (χ4n) is 2.81. The summed E-state index contributed by atoms with van der Waals surface area (Å²) in [5, 5.41) is 0. The monoisotopic (exact) mass is 420 g/mol. The maximum absolute atomic E-state index is 12.1. The zero-order valence-electron chi connectivity index (χ0n) is 16.5. The molecular weight excluding hydrogens is 396 g/mol. The first-order valence-corrected chi connectivity index (χ1v) is 10.2. The molecule has 0 aromatic heterocycles. The van der Waals surface area contributed by atoms with Crippen molar-refractivity contribution in [3.63, 3.8) is 0 Å². The molecule has 3 heterocycles. The minimum atomic E-state index is -0.442. The first kappa shape index (κ1) is 20.8. The van der Waals surface area contributed by atoms with Gasteiger partial charge in [-0.05, 0) is 19.3 Å². The third-order valence-electron chi connectivity index (χ3n) is 4.77. The second-order valence-electron chi connectivity index (χ2n) is 7.54. The molecule has 3 aliphatic heterocycles. The summed E-state index contributed by atoms with van der Waals surface area (Å²) in [7, 11) is 0. The minimum absolute atomic E-state index is 0.118. The molecule has 0 amide bonds. The quantitative estimate of drug-likeness (QED) is 0.284. The minimum Gasteiger partial charge on any atom is -0.426 e. The Morgan fingerprint density at radius 1 is 0.633 bits per heavy atom. The van der Waals surface area contributed by atoms with Gasteiger partial charge in [-0.2, -0.15) is 0 Å². The van der Waals surface area contributed by atoms with Gasteiger partial charge < -0.3 is 28.4 Å². The number of ether oxygens (including phenoxy) is 6. The zero-order valence-corrected chi connectivity index (χ0v) is 16.5. The number of benzene rings is 1. The number of epoxide rings is 3. The van der Waals surface area contributed by atoms with Crippen LogP contribution in [0.3, 0.4) is 0 Å². The van der Waals surface area contributed by atoms with Gasteiger partial charge in [0.15, 0.2) is 0 Å². The Hall–Kier alpha value is -2.49. The molecule has 0 saturated carbocycles. The topological polar surface area (TPSA) is 116 Å². The van der Waals surface area contributed by atoms with Crippen LogP contribution in [0.15, 0.2) is 18.2 Å². The number of hydrogen-bond donors (Lipinski definition) is 0. The Labute approximate surface area is 173 Å². The van der Waals surface area contributed by atoms with Gasteiger partial charge in [0.05, 0.1) is 38.1 Å². The largest absolute Gasteiger partial charge is 0.426 e. The highest BCUT2D eigenvalue weighted by molar-refractivity contribution is 5.76. The van der Waals surface area contributed by atoms with Crippen LogP contribution >= 0.6 is 0 Å². The van der Waals surface area contributed by atoms with Gasteiger partial charge in [-0.1, -0.05) is 0 Å². The zero-order chi connectivity index (χ0) is 20.9. The van der Waals surface area contributed by atoms with Crippen LogP contribution in [0.1, 0.15) is 38.5 Å². The van der Waals surface area contributed by atoms with E-state index >= 15 is 0 Å². The van der Waals surface area contributed by atoms with Crippen LogP contribution in [0.4, 0.5) is 0 Å². The first-order valence-electron chi connectivity index (χ1n) is 10.2. The van der Waals surface area contributed by atoms with Crippen LogP contribution in [0.25, 0.3) is 0 Å². The normalized spacial score (nSPS) is 23.4. The molecule has 3 atom stereocenters. The SMILES string of the molecule is O=C(CCC1CO1)Oc1cc(OC(=O)CCC2CO2)cc(OC(=O)CCC2CO2)c1.